The van der Waals surface area contributed by atoms with E-state index >= 15 is 0 Å². The topological polar surface area (TPSA) is 73.2 Å². The summed E-state index contributed by atoms with van der Waals surface area (Å²) in [6, 6.07) is 7.32. The van der Waals surface area contributed by atoms with E-state index in [0.717, 1.165) is 11.4 Å². The van der Waals surface area contributed by atoms with Crippen LogP contribution in [0.3, 0.4) is 0 Å². The minimum absolute atomic E-state index is 0.200. The van der Waals surface area contributed by atoms with E-state index in [9.17, 15) is 9.59 Å². The fourth-order valence-corrected chi connectivity index (χ4v) is 2.68. The van der Waals surface area contributed by atoms with E-state index < -0.39 is 0 Å². The summed E-state index contributed by atoms with van der Waals surface area (Å²) in [6.45, 7) is 4.51. The average molecular weight is 364 g/mol. The molecule has 0 aliphatic heterocycles. The number of esters is 1. The summed E-state index contributed by atoms with van der Waals surface area (Å²) >= 11 is 6.03. The van der Waals surface area contributed by atoms with Gasteiger partial charge in [-0.2, -0.15) is 5.10 Å². The second-order valence-corrected chi connectivity index (χ2v) is 5.85. The Morgan fingerprint density at radius 1 is 1.32 bits per heavy atom. The number of carbonyl (C=O) groups is 2. The highest BCUT2D eigenvalue weighted by Crippen LogP contribution is 2.19. The van der Waals surface area contributed by atoms with Gasteiger partial charge in [-0.1, -0.05) is 24.6 Å². The fraction of sp³-hybridized carbons (Fsp3) is 0.389. The number of carbonyl (C=O) groups excluding carboxylic acids is 2. The molecule has 1 aromatic heterocycles. The first-order chi connectivity index (χ1) is 12.1. The van der Waals surface area contributed by atoms with Gasteiger partial charge < -0.3 is 10.1 Å². The monoisotopic (exact) mass is 363 g/mol. The van der Waals surface area contributed by atoms with E-state index in [2.05, 4.69) is 10.4 Å². The second kappa shape index (κ2) is 9.22. The lowest BCUT2D eigenvalue weighted by Gasteiger charge is -2.09. The SMILES string of the molecule is CCOC(=O)CCCNC(=O)c1cnn(-c2cccc(Cl)c2)c1CC. The minimum Gasteiger partial charge on any atom is -0.466 e. The number of ether oxygens (including phenoxy) is 1. The molecule has 0 saturated heterocycles. The Kier molecular flexibility index (Phi) is 7.01. The molecule has 0 aliphatic carbocycles. The van der Waals surface area contributed by atoms with Gasteiger partial charge >= 0.3 is 5.97 Å². The van der Waals surface area contributed by atoms with Crippen LogP contribution in [0.2, 0.25) is 5.02 Å². The predicted octanol–water partition coefficient (Wildman–Crippen LogP) is 3.16. The van der Waals surface area contributed by atoms with Gasteiger partial charge in [0.15, 0.2) is 0 Å². The number of benzene rings is 1. The Morgan fingerprint density at radius 2 is 2.12 bits per heavy atom. The fourth-order valence-electron chi connectivity index (χ4n) is 2.50. The Bertz CT molecular complexity index is 743. The van der Waals surface area contributed by atoms with E-state index in [0.29, 0.717) is 36.6 Å². The molecule has 0 aliphatic rings. The summed E-state index contributed by atoms with van der Waals surface area (Å²) in [5.74, 6) is -0.450. The Labute approximate surface area is 152 Å². The van der Waals surface area contributed by atoms with Crippen molar-refractivity contribution in [1.82, 2.24) is 15.1 Å². The van der Waals surface area contributed by atoms with Crippen LogP contribution in [0, 0.1) is 0 Å². The van der Waals surface area contributed by atoms with Gasteiger partial charge in [-0.25, -0.2) is 4.68 Å². The molecule has 2 rings (SSSR count). The predicted molar refractivity (Wildman–Crippen MR) is 96.2 cm³/mol. The lowest BCUT2D eigenvalue weighted by Crippen LogP contribution is -2.26. The normalized spacial score (nSPS) is 10.5. The molecule has 1 heterocycles. The Balaban J connectivity index is 2.02. The number of amides is 1. The molecular formula is C18H22ClN3O3. The molecular weight excluding hydrogens is 342 g/mol. The zero-order valence-electron chi connectivity index (χ0n) is 14.4. The van der Waals surface area contributed by atoms with Crippen molar-refractivity contribution in [2.75, 3.05) is 13.2 Å². The van der Waals surface area contributed by atoms with Crippen molar-refractivity contribution in [3.05, 3.63) is 46.7 Å². The van der Waals surface area contributed by atoms with E-state index in [1.807, 2.05) is 19.1 Å². The third-order valence-electron chi connectivity index (χ3n) is 3.65. The summed E-state index contributed by atoms with van der Waals surface area (Å²) in [7, 11) is 0. The van der Waals surface area contributed by atoms with Gasteiger partial charge in [0, 0.05) is 18.0 Å². The van der Waals surface area contributed by atoms with Crippen LogP contribution in [-0.4, -0.2) is 34.8 Å². The van der Waals surface area contributed by atoms with Crippen LogP contribution < -0.4 is 5.32 Å². The zero-order chi connectivity index (χ0) is 18.2. The first-order valence-corrected chi connectivity index (χ1v) is 8.71. The highest BCUT2D eigenvalue weighted by molar-refractivity contribution is 6.30. The van der Waals surface area contributed by atoms with Crippen molar-refractivity contribution in [2.45, 2.75) is 33.1 Å². The van der Waals surface area contributed by atoms with Crippen molar-refractivity contribution in [1.29, 1.82) is 0 Å². The number of aromatic nitrogens is 2. The minimum atomic E-state index is -0.250. The van der Waals surface area contributed by atoms with Gasteiger partial charge in [-0.3, -0.25) is 9.59 Å². The maximum Gasteiger partial charge on any atom is 0.305 e. The van der Waals surface area contributed by atoms with Crippen LogP contribution in [0.1, 0.15) is 42.7 Å². The number of halogens is 1. The maximum atomic E-state index is 12.4. The number of nitrogens with one attached hydrogen (secondary N) is 1. The molecule has 0 atom stereocenters. The van der Waals surface area contributed by atoms with Crippen LogP contribution in [0.15, 0.2) is 30.5 Å². The van der Waals surface area contributed by atoms with Crippen LogP contribution in [0.4, 0.5) is 0 Å². The number of rotatable bonds is 8. The summed E-state index contributed by atoms with van der Waals surface area (Å²) in [5, 5.41) is 7.76. The van der Waals surface area contributed by atoms with E-state index in [4.69, 9.17) is 16.3 Å². The van der Waals surface area contributed by atoms with Gasteiger partial charge in [-0.15, -0.1) is 0 Å². The molecule has 6 nitrogen and oxygen atoms in total. The molecule has 0 saturated carbocycles. The molecule has 25 heavy (non-hydrogen) atoms. The molecule has 0 unspecified atom stereocenters. The lowest BCUT2D eigenvalue weighted by atomic mass is 10.2. The van der Waals surface area contributed by atoms with Gasteiger partial charge in [-0.05, 0) is 38.0 Å². The van der Waals surface area contributed by atoms with Gasteiger partial charge in [0.2, 0.25) is 0 Å². The average Bonchev–Trinajstić information content (AvgIpc) is 3.03. The smallest absolute Gasteiger partial charge is 0.305 e. The molecule has 1 aromatic carbocycles. The van der Waals surface area contributed by atoms with E-state index in [1.54, 1.807) is 29.9 Å². The Hall–Kier alpha value is -2.34. The lowest BCUT2D eigenvalue weighted by molar-refractivity contribution is -0.143. The standard InChI is InChI=1S/C18H22ClN3O3/c1-3-16-15(18(24)20-10-6-9-17(23)25-4-2)12-21-22(16)14-8-5-7-13(19)11-14/h5,7-8,11-12H,3-4,6,9-10H2,1-2H3,(H,20,24). The summed E-state index contributed by atoms with van der Waals surface area (Å²) < 4.78 is 6.58. The van der Waals surface area contributed by atoms with Crippen molar-refractivity contribution in [2.24, 2.45) is 0 Å². The molecule has 7 heteroatoms. The van der Waals surface area contributed by atoms with E-state index in [1.165, 1.54) is 0 Å². The molecule has 2 aromatic rings. The molecule has 134 valence electrons. The molecule has 0 bridgehead atoms. The first kappa shape index (κ1) is 19.0. The summed E-state index contributed by atoms with van der Waals surface area (Å²) in [5.41, 5.74) is 2.15. The van der Waals surface area contributed by atoms with Gasteiger partial charge in [0.05, 0.1) is 29.7 Å². The Morgan fingerprint density at radius 3 is 2.80 bits per heavy atom. The van der Waals surface area contributed by atoms with E-state index in [-0.39, 0.29) is 18.3 Å². The molecule has 1 N–H and O–H groups in total. The van der Waals surface area contributed by atoms with Crippen molar-refractivity contribution in [3.63, 3.8) is 0 Å². The number of nitrogens with zero attached hydrogens (tertiary/aromatic N) is 2. The molecule has 0 fully saturated rings. The quantitative estimate of drug-likeness (QED) is 0.577. The molecule has 1 amide bonds. The second-order valence-electron chi connectivity index (χ2n) is 5.41. The van der Waals surface area contributed by atoms with Crippen LogP contribution in [0.5, 0.6) is 0 Å². The van der Waals surface area contributed by atoms with Gasteiger partial charge in [0.1, 0.15) is 0 Å². The highest BCUT2D eigenvalue weighted by atomic mass is 35.5. The summed E-state index contributed by atoms with van der Waals surface area (Å²) in [4.78, 5) is 23.7. The van der Waals surface area contributed by atoms with Crippen LogP contribution in [0.25, 0.3) is 5.69 Å². The first-order valence-electron chi connectivity index (χ1n) is 8.33. The van der Waals surface area contributed by atoms with Crippen LogP contribution in [-0.2, 0) is 16.0 Å². The van der Waals surface area contributed by atoms with Gasteiger partial charge in [0.25, 0.3) is 5.91 Å². The van der Waals surface area contributed by atoms with Crippen molar-refractivity contribution >= 4 is 23.5 Å². The third kappa shape index (κ3) is 5.06. The summed E-state index contributed by atoms with van der Waals surface area (Å²) in [6.07, 6.45) is 3.03. The van der Waals surface area contributed by atoms with Crippen molar-refractivity contribution in [3.8, 4) is 5.69 Å². The zero-order valence-corrected chi connectivity index (χ0v) is 15.2. The molecule has 0 spiro atoms. The van der Waals surface area contributed by atoms with Crippen molar-refractivity contribution < 1.29 is 14.3 Å². The largest absolute Gasteiger partial charge is 0.466 e. The highest BCUT2D eigenvalue weighted by Gasteiger charge is 2.17. The number of hydrogen-bond acceptors (Lipinski definition) is 4. The molecule has 0 radical (unpaired) electrons. The number of hydrogen-bond donors (Lipinski definition) is 1. The third-order valence-corrected chi connectivity index (χ3v) is 3.88. The maximum absolute atomic E-state index is 12.4. The van der Waals surface area contributed by atoms with Crippen LogP contribution >= 0.6 is 11.6 Å².